The second-order valence-electron chi connectivity index (χ2n) is 5.01. The number of rotatable bonds is 0. The summed E-state index contributed by atoms with van der Waals surface area (Å²) >= 11 is 9.73. The molecule has 2 aromatic carbocycles. The first kappa shape index (κ1) is 13.7. The van der Waals surface area contributed by atoms with Crippen molar-refractivity contribution in [3.05, 3.63) is 68.1 Å². The average Bonchev–Trinajstić information content (AvgIpc) is 3.06. The van der Waals surface area contributed by atoms with Gasteiger partial charge in [0.1, 0.15) is 5.84 Å². The third-order valence-electron chi connectivity index (χ3n) is 3.82. The summed E-state index contributed by atoms with van der Waals surface area (Å²) in [4.78, 5) is 30.6. The molecule has 0 unspecified atom stereocenters. The van der Waals surface area contributed by atoms with E-state index in [4.69, 9.17) is 11.6 Å². The monoisotopic (exact) mass is 374 g/mol. The molecule has 0 spiro atoms. The Morgan fingerprint density at radius 3 is 2.32 bits per heavy atom. The Kier molecular flexibility index (Phi) is 2.96. The molecule has 0 aromatic heterocycles. The van der Waals surface area contributed by atoms with Crippen LogP contribution in [0.3, 0.4) is 0 Å². The molecule has 6 heteroatoms. The van der Waals surface area contributed by atoms with Crippen LogP contribution in [0.25, 0.3) is 0 Å². The number of carbonyl (C=O) groups excluding carboxylic acids is 2. The fourth-order valence-corrected chi connectivity index (χ4v) is 3.50. The molecule has 108 valence electrons. The SMILES string of the molecule is O=C1c2ccccc2C(=O)N1C1=NCc2c(Br)ccc(Cl)c21. The number of halogens is 2. The average molecular weight is 376 g/mol. The van der Waals surface area contributed by atoms with Crippen LogP contribution in [-0.2, 0) is 6.54 Å². The number of hydrogen-bond acceptors (Lipinski definition) is 3. The molecule has 0 atom stereocenters. The molecular formula is C16H8BrClN2O2. The molecule has 0 saturated carbocycles. The maximum Gasteiger partial charge on any atom is 0.267 e. The molecule has 4 rings (SSSR count). The molecule has 0 radical (unpaired) electrons. The lowest BCUT2D eigenvalue weighted by Gasteiger charge is -2.16. The van der Waals surface area contributed by atoms with Crippen molar-refractivity contribution >= 4 is 45.2 Å². The molecule has 2 aromatic rings. The summed E-state index contributed by atoms with van der Waals surface area (Å²) in [5, 5.41) is 0.478. The quantitative estimate of drug-likeness (QED) is 0.660. The van der Waals surface area contributed by atoms with E-state index in [0.29, 0.717) is 34.1 Å². The summed E-state index contributed by atoms with van der Waals surface area (Å²) in [6.45, 7) is 0.388. The number of imide groups is 1. The molecular weight excluding hydrogens is 368 g/mol. The number of amides is 2. The summed E-state index contributed by atoms with van der Waals surface area (Å²) < 4.78 is 0.863. The predicted octanol–water partition coefficient (Wildman–Crippen LogP) is 3.66. The highest BCUT2D eigenvalue weighted by Gasteiger charge is 2.41. The van der Waals surface area contributed by atoms with Gasteiger partial charge in [-0.25, -0.2) is 4.90 Å². The number of hydrogen-bond donors (Lipinski definition) is 0. The van der Waals surface area contributed by atoms with E-state index >= 15 is 0 Å². The summed E-state index contributed by atoms with van der Waals surface area (Å²) in [7, 11) is 0. The fraction of sp³-hybridized carbons (Fsp3) is 0.0625. The van der Waals surface area contributed by atoms with E-state index in [0.717, 1.165) is 14.9 Å². The lowest BCUT2D eigenvalue weighted by molar-refractivity contribution is 0.0749. The van der Waals surface area contributed by atoms with Crippen LogP contribution < -0.4 is 0 Å². The van der Waals surface area contributed by atoms with Gasteiger partial charge >= 0.3 is 0 Å². The molecule has 2 heterocycles. The molecule has 22 heavy (non-hydrogen) atoms. The first-order chi connectivity index (χ1) is 10.6. The zero-order chi connectivity index (χ0) is 15.4. The van der Waals surface area contributed by atoms with E-state index in [1.807, 2.05) is 6.07 Å². The maximum atomic E-state index is 12.6. The largest absolute Gasteiger partial charge is 0.268 e. The topological polar surface area (TPSA) is 49.7 Å². The molecule has 0 saturated heterocycles. The van der Waals surface area contributed by atoms with Crippen molar-refractivity contribution in [2.45, 2.75) is 6.54 Å². The highest BCUT2D eigenvalue weighted by molar-refractivity contribution is 9.10. The van der Waals surface area contributed by atoms with Crippen LogP contribution in [0, 0.1) is 0 Å². The predicted molar refractivity (Wildman–Crippen MR) is 86.3 cm³/mol. The lowest BCUT2D eigenvalue weighted by Crippen LogP contribution is -2.36. The van der Waals surface area contributed by atoms with Crippen molar-refractivity contribution in [3.63, 3.8) is 0 Å². The second-order valence-corrected chi connectivity index (χ2v) is 6.28. The van der Waals surface area contributed by atoms with Gasteiger partial charge in [0.25, 0.3) is 11.8 Å². The van der Waals surface area contributed by atoms with Crippen LogP contribution in [0.4, 0.5) is 0 Å². The maximum absolute atomic E-state index is 12.6. The zero-order valence-corrected chi connectivity index (χ0v) is 13.5. The minimum Gasteiger partial charge on any atom is -0.268 e. The van der Waals surface area contributed by atoms with E-state index in [1.165, 1.54) is 0 Å². The number of aliphatic imine (C=N–C) groups is 1. The van der Waals surface area contributed by atoms with Crippen molar-refractivity contribution in [3.8, 4) is 0 Å². The van der Waals surface area contributed by atoms with E-state index in [2.05, 4.69) is 20.9 Å². The Morgan fingerprint density at radius 1 is 1.05 bits per heavy atom. The summed E-state index contributed by atoms with van der Waals surface area (Å²) in [6.07, 6.45) is 0. The summed E-state index contributed by atoms with van der Waals surface area (Å²) in [5.74, 6) is -0.390. The van der Waals surface area contributed by atoms with Gasteiger partial charge in [-0.15, -0.1) is 0 Å². The van der Waals surface area contributed by atoms with Gasteiger partial charge in [-0.2, -0.15) is 0 Å². The molecule has 2 amide bonds. The van der Waals surface area contributed by atoms with Gasteiger partial charge < -0.3 is 0 Å². The van der Waals surface area contributed by atoms with Gasteiger partial charge in [0.05, 0.1) is 22.7 Å². The normalized spacial score (nSPS) is 15.9. The number of carbonyl (C=O) groups is 2. The molecule has 0 N–H and O–H groups in total. The first-order valence-electron chi connectivity index (χ1n) is 6.59. The Morgan fingerprint density at radius 2 is 1.68 bits per heavy atom. The standard InChI is InChI=1S/C16H8BrClN2O2/c17-11-5-6-12(18)13-10(11)7-19-14(13)20-15(21)8-3-1-2-4-9(8)16(20)22/h1-6H,7H2. The Balaban J connectivity index is 1.87. The van der Waals surface area contributed by atoms with Gasteiger partial charge in [0, 0.05) is 15.6 Å². The Labute approximate surface area is 139 Å². The highest BCUT2D eigenvalue weighted by atomic mass is 79.9. The molecule has 2 aliphatic rings. The first-order valence-corrected chi connectivity index (χ1v) is 7.76. The smallest absolute Gasteiger partial charge is 0.267 e. The number of amidine groups is 1. The van der Waals surface area contributed by atoms with E-state index in [1.54, 1.807) is 30.3 Å². The van der Waals surface area contributed by atoms with Crippen molar-refractivity contribution in [2.75, 3.05) is 0 Å². The minimum absolute atomic E-state index is 0.326. The van der Waals surface area contributed by atoms with Gasteiger partial charge in [0.15, 0.2) is 0 Å². The zero-order valence-electron chi connectivity index (χ0n) is 11.1. The lowest BCUT2D eigenvalue weighted by atomic mass is 10.1. The minimum atomic E-state index is -0.358. The van der Waals surface area contributed by atoms with Crippen molar-refractivity contribution in [1.82, 2.24) is 4.90 Å². The third kappa shape index (κ3) is 1.72. The Hall–Kier alpha value is -1.98. The third-order valence-corrected chi connectivity index (χ3v) is 4.88. The van der Waals surface area contributed by atoms with Crippen LogP contribution in [0.15, 0.2) is 45.9 Å². The second kappa shape index (κ2) is 4.76. The van der Waals surface area contributed by atoms with Crippen LogP contribution in [-0.4, -0.2) is 22.5 Å². The van der Waals surface area contributed by atoms with Gasteiger partial charge in [-0.3, -0.25) is 14.6 Å². The van der Waals surface area contributed by atoms with E-state index in [-0.39, 0.29) is 11.8 Å². The Bertz CT molecular complexity index is 857. The van der Waals surface area contributed by atoms with Gasteiger partial charge in [-0.1, -0.05) is 39.7 Å². The summed E-state index contributed by atoms with van der Waals surface area (Å²) in [6, 6.07) is 10.3. The van der Waals surface area contributed by atoms with Crippen molar-refractivity contribution < 1.29 is 9.59 Å². The highest BCUT2D eigenvalue weighted by Crippen LogP contribution is 2.35. The van der Waals surface area contributed by atoms with Crippen LogP contribution in [0.2, 0.25) is 5.02 Å². The molecule has 4 nitrogen and oxygen atoms in total. The van der Waals surface area contributed by atoms with Crippen LogP contribution in [0.1, 0.15) is 31.8 Å². The number of nitrogens with zero attached hydrogens (tertiary/aromatic N) is 2. The molecule has 0 bridgehead atoms. The van der Waals surface area contributed by atoms with Crippen LogP contribution in [0.5, 0.6) is 0 Å². The molecule has 0 fully saturated rings. The number of benzene rings is 2. The molecule has 0 aliphatic carbocycles. The van der Waals surface area contributed by atoms with E-state index in [9.17, 15) is 9.59 Å². The van der Waals surface area contributed by atoms with Gasteiger partial charge in [0.2, 0.25) is 0 Å². The number of fused-ring (bicyclic) bond motifs is 2. The van der Waals surface area contributed by atoms with Crippen molar-refractivity contribution in [1.29, 1.82) is 0 Å². The summed E-state index contributed by atoms with van der Waals surface area (Å²) in [5.41, 5.74) is 2.33. The fourth-order valence-electron chi connectivity index (χ4n) is 2.79. The van der Waals surface area contributed by atoms with Crippen LogP contribution >= 0.6 is 27.5 Å². The van der Waals surface area contributed by atoms with E-state index < -0.39 is 0 Å². The van der Waals surface area contributed by atoms with Crippen molar-refractivity contribution in [2.24, 2.45) is 4.99 Å². The molecule has 2 aliphatic heterocycles. The van der Waals surface area contributed by atoms with Gasteiger partial charge in [-0.05, 0) is 24.3 Å².